The molecule has 4 heterocycles. The average molecular weight is 1820 g/mol. The van der Waals surface area contributed by atoms with Crippen molar-refractivity contribution >= 4 is 141 Å². The number of fused-ring (bicyclic) bond motifs is 3. The van der Waals surface area contributed by atoms with E-state index in [9.17, 15) is 47.9 Å². The first-order valence-electron chi connectivity index (χ1n) is 42.8. The van der Waals surface area contributed by atoms with Crippen molar-refractivity contribution in [2.24, 2.45) is 51.6 Å². The molecule has 2 aromatic rings. The van der Waals surface area contributed by atoms with Gasteiger partial charge in [0.05, 0.1) is 13.0 Å². The van der Waals surface area contributed by atoms with Crippen molar-refractivity contribution in [3.63, 3.8) is 0 Å². The van der Waals surface area contributed by atoms with E-state index in [1.165, 1.54) is 16.7 Å². The predicted molar refractivity (Wildman–Crippen MR) is 471 cm³/mol. The maximum atomic E-state index is 15.4. The van der Waals surface area contributed by atoms with Gasteiger partial charge in [-0.15, -0.1) is 0 Å². The molecule has 3 aliphatic rings. The van der Waals surface area contributed by atoms with Crippen molar-refractivity contribution in [1.29, 1.82) is 32.5 Å². The third kappa shape index (κ3) is 37.5. The zero-order valence-corrected chi connectivity index (χ0v) is 72.3. The zero-order valence-electron chi connectivity index (χ0n) is 72.3. The second kappa shape index (κ2) is 54.7. The molecule has 52 nitrogen and oxygen atoms in total. The molecule has 3 aliphatic heterocycles. The highest BCUT2D eigenvalue weighted by molar-refractivity contribution is 6.02. The Morgan fingerprint density at radius 3 is 1.16 bits per heavy atom. The number of carbonyl (C=O) groups is 16. The van der Waals surface area contributed by atoms with Gasteiger partial charge >= 0.3 is 0 Å². The number of carbonyl (C=O) groups excluding carboxylic acids is 16. The van der Waals surface area contributed by atoms with E-state index < -0.39 is 235 Å². The number of hydrogen-bond acceptors (Lipinski definition) is 23. The Balaban J connectivity index is 1.68. The van der Waals surface area contributed by atoms with E-state index in [1.54, 1.807) is 30.5 Å². The van der Waals surface area contributed by atoms with Gasteiger partial charge < -0.3 is 162 Å². The van der Waals surface area contributed by atoms with Gasteiger partial charge in [-0.05, 0) is 154 Å². The minimum absolute atomic E-state index is 0.0163. The Kier molecular flexibility index (Phi) is 44.7. The van der Waals surface area contributed by atoms with Gasteiger partial charge in [0, 0.05) is 82.3 Å². The highest BCUT2D eigenvalue weighted by Gasteiger charge is 2.46. The van der Waals surface area contributed by atoms with Gasteiger partial charge in [-0.25, -0.2) is 0 Å². The topological polar surface area (TPSA) is 889 Å². The standard InChI is InChI=1S/C77H130N36O16/c1-40-59(117)103-44(16-4-5-27-78)60(118)100-39-58(116)102-50(25-26-56(79)114)66(124)106-49(21-10-32-97-76(89)90)65(123)110-53(37-57(80)115)68(126)108-48(20-9-31-96-75(87)88)64(122)109-51(22-11-33-98-77(91)92)70(128)113-35-13-24-55(113)71(129)112-34-12-23-54(112)69(127)111-52(36-41-38-99-43-15-3-2-14-42(41)43)67(125)107-47(19-8-30-95-74(85)86)63(121)105-46(18-7-29-94-73(83)84)62(120)104-45(61(119)101-40)17-6-28-93-72(81)82/h2-3,14-15,38,40,44-55,99H,4-13,16-37,39,78H2,1H3,(H2,79,114)(H2,80,115)(H,100,118)(H,101,119)(H,102,116)(H,103,117)(H,104,120)(H,105,121)(H,106,124)(H,107,125)(H,108,126)(H,109,122)(H,110,123)(H,111,127)(H4,81,82,93)(H4,83,84,94)(H4,85,86,95)(H4,87,88,96)(H4,89,90,97)(H4,91,92,98)/t40-,44-,45-,46-,47-,48-,49-,50-,51-,52-,53-,54+,55-/m0/s1. The lowest BCUT2D eigenvalue weighted by Gasteiger charge is -2.34. The van der Waals surface area contributed by atoms with Crippen LogP contribution in [0.15, 0.2) is 30.5 Å². The number of nitrogens with zero attached hydrogens (tertiary/aromatic N) is 2. The number of guanidine groups is 6. The second-order valence-electron chi connectivity index (χ2n) is 31.4. The van der Waals surface area contributed by atoms with E-state index >= 15 is 28.8 Å². The molecule has 0 aliphatic carbocycles. The first-order chi connectivity index (χ1) is 61.3. The van der Waals surface area contributed by atoms with E-state index in [1.807, 2.05) is 0 Å². The van der Waals surface area contributed by atoms with E-state index in [-0.39, 0.29) is 181 Å². The van der Waals surface area contributed by atoms with Crippen LogP contribution in [0.2, 0.25) is 0 Å². The monoisotopic (exact) mass is 1820 g/mol. The zero-order chi connectivity index (χ0) is 95.4. The summed E-state index contributed by atoms with van der Waals surface area (Å²) in [5, 5.41) is 93.6. The molecule has 1 aromatic heterocycles. The van der Waals surface area contributed by atoms with Crippen LogP contribution in [0, 0.1) is 32.5 Å². The third-order valence-electron chi connectivity index (χ3n) is 21.2. The summed E-state index contributed by atoms with van der Waals surface area (Å²) in [6, 6.07) is -13.4. The summed E-state index contributed by atoms with van der Waals surface area (Å²) in [7, 11) is 0. The molecule has 0 radical (unpaired) electrons. The summed E-state index contributed by atoms with van der Waals surface area (Å²) in [6.45, 7) is 0.0993. The van der Waals surface area contributed by atoms with Crippen LogP contribution in [0.4, 0.5) is 0 Å². The summed E-state index contributed by atoms with van der Waals surface area (Å²) < 4.78 is 0. The molecule has 3 saturated heterocycles. The molecule has 52 heteroatoms. The minimum atomic E-state index is -1.97. The number of primary amides is 2. The molecule has 3 fully saturated rings. The van der Waals surface area contributed by atoms with Crippen molar-refractivity contribution in [2.45, 2.75) is 233 Å². The highest BCUT2D eigenvalue weighted by atomic mass is 16.2. The Labute approximate surface area is 744 Å². The lowest BCUT2D eigenvalue weighted by molar-refractivity contribution is -0.148. The summed E-state index contributed by atoms with van der Waals surface area (Å²) in [5.74, 6) is -18.7. The average Bonchev–Trinajstić information content (AvgIpc) is 1.68. The van der Waals surface area contributed by atoms with Crippen LogP contribution in [0.1, 0.15) is 154 Å². The maximum Gasteiger partial charge on any atom is 0.246 e. The largest absolute Gasteiger partial charge is 0.370 e. The Hall–Kier alpha value is -14.1. The number of H-pyrrole nitrogens is 1. The van der Waals surface area contributed by atoms with Crippen LogP contribution < -0.4 is 147 Å². The summed E-state index contributed by atoms with van der Waals surface area (Å²) in [6.07, 6.45) is -1.28. The first-order valence-corrected chi connectivity index (χ1v) is 42.8. The number of nitrogens with two attached hydrogens (primary N) is 9. The van der Waals surface area contributed by atoms with Gasteiger partial charge in [0.25, 0.3) is 0 Å². The van der Waals surface area contributed by atoms with E-state index in [4.69, 9.17) is 84.1 Å². The molecule has 129 heavy (non-hydrogen) atoms. The second-order valence-corrected chi connectivity index (χ2v) is 31.4. The minimum Gasteiger partial charge on any atom is -0.370 e. The number of hydrogen-bond donors (Lipinski definition) is 34. The van der Waals surface area contributed by atoms with Crippen LogP contribution in [-0.2, 0) is 83.1 Å². The molecule has 1 aromatic carbocycles. The number of aromatic nitrogens is 1. The van der Waals surface area contributed by atoms with E-state index in [0.29, 0.717) is 22.9 Å². The fraction of sp³-hybridized carbons (Fsp3) is 0.610. The van der Waals surface area contributed by atoms with Crippen LogP contribution in [0.3, 0.4) is 0 Å². The van der Waals surface area contributed by atoms with Gasteiger partial charge in [0.15, 0.2) is 35.8 Å². The van der Waals surface area contributed by atoms with E-state index in [0.717, 1.165) is 0 Å². The van der Waals surface area contributed by atoms with Crippen molar-refractivity contribution in [2.75, 3.05) is 65.4 Å². The number of aromatic amines is 1. The van der Waals surface area contributed by atoms with Gasteiger partial charge in [-0.2, -0.15) is 0 Å². The molecule has 0 spiro atoms. The summed E-state index contributed by atoms with van der Waals surface area (Å²) in [4.78, 5) is 238. The van der Waals surface area contributed by atoms with Gasteiger partial charge in [-0.3, -0.25) is 109 Å². The number of amides is 16. The predicted octanol–water partition coefficient (Wildman–Crippen LogP) is -11.0. The number of rotatable bonds is 35. The molecule has 5 rings (SSSR count). The Bertz CT molecular complexity index is 4300. The van der Waals surface area contributed by atoms with Crippen molar-refractivity contribution in [1.82, 2.24) is 110 Å². The van der Waals surface area contributed by atoms with Crippen LogP contribution >= 0.6 is 0 Å². The molecule has 16 amide bonds. The fourth-order valence-corrected chi connectivity index (χ4v) is 14.6. The summed E-state index contributed by atoms with van der Waals surface area (Å²) >= 11 is 0. The van der Waals surface area contributed by atoms with E-state index in [2.05, 4.69) is 101 Å². The molecular weight excluding hydrogens is 1690 g/mol. The quantitative estimate of drug-likeness (QED) is 0.0173. The Morgan fingerprint density at radius 1 is 0.380 bits per heavy atom. The molecule has 0 unspecified atom stereocenters. The van der Waals surface area contributed by atoms with Crippen molar-refractivity contribution in [3.8, 4) is 0 Å². The molecule has 43 N–H and O–H groups in total. The van der Waals surface area contributed by atoms with Crippen LogP contribution in [0.5, 0.6) is 0 Å². The molecule has 0 saturated carbocycles. The number of unbranched alkanes of at least 4 members (excludes halogenated alkanes) is 1. The maximum absolute atomic E-state index is 15.4. The van der Waals surface area contributed by atoms with Crippen molar-refractivity contribution < 1.29 is 76.7 Å². The third-order valence-corrected chi connectivity index (χ3v) is 21.2. The van der Waals surface area contributed by atoms with Crippen LogP contribution in [-0.4, -0.2) is 289 Å². The molecular formula is C77H130N36O16. The van der Waals surface area contributed by atoms with Crippen LogP contribution in [0.25, 0.3) is 10.9 Å². The first kappa shape index (κ1) is 105. The lowest BCUT2D eigenvalue weighted by Crippen LogP contribution is -2.61. The Morgan fingerprint density at radius 2 is 0.729 bits per heavy atom. The number of nitrogens with one attached hydrogen (secondary N) is 25. The number of benzene rings is 1. The molecule has 13 atom stereocenters. The normalized spacial score (nSPS) is 23.3. The fourth-order valence-electron chi connectivity index (χ4n) is 14.6. The lowest BCUT2D eigenvalue weighted by atomic mass is 10.0. The SMILES string of the molecule is C[C@@H]1NC(=O)[C@H](CCCNC(=N)N)NC(=O)[C@H](CCCNC(=N)N)NC(=O)[C@H](CCCNC(=N)N)NC(=O)[C@H](Cc2c[nH]c3ccccc23)NC(=O)[C@H]2CCCN2C(=O)[C@@H]2CCCN2C(=O)[C@H](CCCNC(=N)N)NC(=O)[C@H](CCCNC(=N)N)NC(=O)[C@H](CC(N)=O)NC(=O)[C@H](CCCNC(=N)N)NC(=O)[C@H](CCC(N)=O)NC(=O)CNC(=O)[C@H](CCCCN)NC1=O. The van der Waals surface area contributed by atoms with Gasteiger partial charge in [0.1, 0.15) is 78.5 Å². The summed E-state index contributed by atoms with van der Waals surface area (Å²) in [5.41, 5.74) is 51.6. The molecule has 714 valence electrons. The van der Waals surface area contributed by atoms with Gasteiger partial charge in [-0.1, -0.05) is 18.2 Å². The van der Waals surface area contributed by atoms with Crippen molar-refractivity contribution in [3.05, 3.63) is 36.0 Å². The highest BCUT2D eigenvalue weighted by Crippen LogP contribution is 2.28. The van der Waals surface area contributed by atoms with Gasteiger partial charge in [0.2, 0.25) is 94.5 Å². The number of para-hydroxylation sites is 1. The molecule has 0 bridgehead atoms. The smallest absolute Gasteiger partial charge is 0.246 e.